The van der Waals surface area contributed by atoms with Crippen molar-refractivity contribution in [3.05, 3.63) is 40.3 Å². The van der Waals surface area contributed by atoms with E-state index < -0.39 is 0 Å². The molecule has 0 saturated heterocycles. The van der Waals surface area contributed by atoms with Crippen LogP contribution in [0.5, 0.6) is 0 Å². The highest BCUT2D eigenvalue weighted by atomic mass is 35.5. The summed E-state index contributed by atoms with van der Waals surface area (Å²) >= 11 is 7.39. The van der Waals surface area contributed by atoms with Gasteiger partial charge in [-0.2, -0.15) is 0 Å². The van der Waals surface area contributed by atoms with Gasteiger partial charge in [0.05, 0.1) is 5.69 Å². The van der Waals surface area contributed by atoms with Crippen LogP contribution >= 0.6 is 22.9 Å². The van der Waals surface area contributed by atoms with E-state index in [1.165, 1.54) is 11.3 Å². The Hall–Kier alpha value is -1.52. The first-order valence-electron chi connectivity index (χ1n) is 6.35. The molecule has 1 heterocycles. The van der Waals surface area contributed by atoms with E-state index in [-0.39, 0.29) is 5.91 Å². The van der Waals surface area contributed by atoms with Crippen molar-refractivity contribution in [1.29, 1.82) is 0 Å². The molecule has 0 bridgehead atoms. The van der Waals surface area contributed by atoms with E-state index >= 15 is 0 Å². The van der Waals surface area contributed by atoms with Crippen molar-refractivity contribution < 1.29 is 4.79 Å². The summed E-state index contributed by atoms with van der Waals surface area (Å²) in [5.74, 6) is -0.0506. The maximum absolute atomic E-state index is 12.6. The van der Waals surface area contributed by atoms with Crippen LogP contribution in [0.3, 0.4) is 0 Å². The normalized spacial score (nSPS) is 10.8. The molecule has 0 atom stereocenters. The molecule has 1 amide bonds. The van der Waals surface area contributed by atoms with Gasteiger partial charge in [0.25, 0.3) is 5.91 Å². The van der Waals surface area contributed by atoms with Crippen LogP contribution in [-0.2, 0) is 0 Å². The Morgan fingerprint density at radius 2 is 2.20 bits per heavy atom. The van der Waals surface area contributed by atoms with Crippen LogP contribution in [0.15, 0.2) is 30.4 Å². The highest BCUT2D eigenvalue weighted by Gasteiger charge is 2.21. The second-order valence-electron chi connectivity index (χ2n) is 4.76. The highest BCUT2D eigenvalue weighted by Crippen LogP contribution is 2.36. The van der Waals surface area contributed by atoms with Gasteiger partial charge < -0.3 is 10.6 Å². The molecular formula is C15H17ClN2OS. The summed E-state index contributed by atoms with van der Waals surface area (Å²) < 4.78 is 0.974. The van der Waals surface area contributed by atoms with Gasteiger partial charge in [-0.1, -0.05) is 23.8 Å². The zero-order chi connectivity index (χ0) is 14.9. The number of carbonyl (C=O) groups is 1. The first-order chi connectivity index (χ1) is 9.43. The smallest absolute Gasteiger partial charge is 0.266 e. The van der Waals surface area contributed by atoms with E-state index in [0.29, 0.717) is 28.7 Å². The number of carbonyl (C=O) groups excluding carboxylic acids is 1. The number of fused-ring (bicyclic) bond motifs is 1. The minimum Gasteiger partial charge on any atom is -0.397 e. The molecule has 0 fully saturated rings. The molecule has 2 N–H and O–H groups in total. The third-order valence-corrected chi connectivity index (χ3v) is 4.42. The van der Waals surface area contributed by atoms with Gasteiger partial charge in [-0.15, -0.1) is 11.3 Å². The van der Waals surface area contributed by atoms with Crippen LogP contribution in [0.4, 0.5) is 5.69 Å². The van der Waals surface area contributed by atoms with Crippen LogP contribution in [0.25, 0.3) is 10.1 Å². The number of nitrogens with zero attached hydrogens (tertiary/aromatic N) is 1. The van der Waals surface area contributed by atoms with Crippen LogP contribution in [0, 0.1) is 0 Å². The standard InChI is InChI=1S/C15H17ClN2OS/c1-4-18(8-9(2)3)15(19)14-13(17)11-7-10(16)5-6-12(11)20-14/h5-7H,2,4,8,17H2,1,3H3. The third kappa shape index (κ3) is 2.81. The number of rotatable bonds is 4. The number of halogens is 1. The molecule has 0 unspecified atom stereocenters. The van der Waals surface area contributed by atoms with Gasteiger partial charge >= 0.3 is 0 Å². The number of likely N-dealkylation sites (N-methyl/N-ethyl adjacent to an activating group) is 1. The van der Waals surface area contributed by atoms with E-state index in [4.69, 9.17) is 17.3 Å². The second kappa shape index (κ2) is 5.85. The maximum atomic E-state index is 12.6. The van der Waals surface area contributed by atoms with Crippen molar-refractivity contribution in [2.45, 2.75) is 13.8 Å². The predicted octanol–water partition coefficient (Wildman–Crippen LogP) is 4.18. The molecule has 0 saturated carbocycles. The Morgan fingerprint density at radius 1 is 1.50 bits per heavy atom. The summed E-state index contributed by atoms with van der Waals surface area (Å²) in [6, 6.07) is 5.50. The van der Waals surface area contributed by atoms with E-state index in [9.17, 15) is 4.79 Å². The molecule has 5 heteroatoms. The van der Waals surface area contributed by atoms with Crippen LogP contribution in [0.2, 0.25) is 5.02 Å². The Labute approximate surface area is 127 Å². The molecule has 0 radical (unpaired) electrons. The van der Waals surface area contributed by atoms with Crippen molar-refractivity contribution >= 4 is 44.6 Å². The van der Waals surface area contributed by atoms with E-state index in [1.54, 1.807) is 17.0 Å². The summed E-state index contributed by atoms with van der Waals surface area (Å²) in [7, 11) is 0. The number of benzene rings is 1. The summed E-state index contributed by atoms with van der Waals surface area (Å²) in [4.78, 5) is 14.9. The highest BCUT2D eigenvalue weighted by molar-refractivity contribution is 7.21. The van der Waals surface area contributed by atoms with Gasteiger partial charge in [-0.3, -0.25) is 4.79 Å². The Balaban J connectivity index is 2.44. The molecular weight excluding hydrogens is 292 g/mol. The average Bonchev–Trinajstić information content (AvgIpc) is 2.72. The lowest BCUT2D eigenvalue weighted by molar-refractivity contribution is 0.0784. The minimum atomic E-state index is -0.0506. The quantitative estimate of drug-likeness (QED) is 0.861. The number of hydrogen-bond donors (Lipinski definition) is 1. The topological polar surface area (TPSA) is 46.3 Å². The summed E-state index contributed by atoms with van der Waals surface area (Å²) in [5.41, 5.74) is 7.57. The SMILES string of the molecule is C=C(C)CN(CC)C(=O)c1sc2ccc(Cl)cc2c1N. The molecule has 2 aromatic rings. The number of hydrogen-bond acceptors (Lipinski definition) is 3. The number of amides is 1. The fourth-order valence-electron chi connectivity index (χ4n) is 2.04. The molecule has 1 aromatic carbocycles. The van der Waals surface area contributed by atoms with Crippen molar-refractivity contribution in [2.75, 3.05) is 18.8 Å². The fraction of sp³-hybridized carbons (Fsp3) is 0.267. The average molecular weight is 309 g/mol. The second-order valence-corrected chi connectivity index (χ2v) is 6.25. The van der Waals surface area contributed by atoms with Crippen LogP contribution in [-0.4, -0.2) is 23.9 Å². The Morgan fingerprint density at radius 3 is 2.80 bits per heavy atom. The Bertz CT molecular complexity index is 678. The monoisotopic (exact) mass is 308 g/mol. The molecule has 1 aromatic heterocycles. The van der Waals surface area contributed by atoms with Gasteiger partial charge in [-0.25, -0.2) is 0 Å². The molecule has 0 spiro atoms. The predicted molar refractivity (Wildman–Crippen MR) is 87.6 cm³/mol. The van der Waals surface area contributed by atoms with Crippen LogP contribution < -0.4 is 5.73 Å². The van der Waals surface area contributed by atoms with Gasteiger partial charge in [-0.05, 0) is 32.0 Å². The molecule has 0 aliphatic carbocycles. The van der Waals surface area contributed by atoms with Crippen molar-refractivity contribution in [3.8, 4) is 0 Å². The molecule has 0 aliphatic heterocycles. The minimum absolute atomic E-state index is 0.0506. The van der Waals surface area contributed by atoms with E-state index in [2.05, 4.69) is 6.58 Å². The van der Waals surface area contributed by atoms with Crippen molar-refractivity contribution in [1.82, 2.24) is 4.90 Å². The van der Waals surface area contributed by atoms with E-state index in [0.717, 1.165) is 15.7 Å². The number of thiophene rings is 1. The molecule has 3 nitrogen and oxygen atoms in total. The largest absolute Gasteiger partial charge is 0.397 e. The summed E-state index contributed by atoms with van der Waals surface area (Å²) in [5, 5.41) is 1.47. The number of anilines is 1. The van der Waals surface area contributed by atoms with Gasteiger partial charge in [0.15, 0.2) is 0 Å². The van der Waals surface area contributed by atoms with Crippen molar-refractivity contribution in [2.24, 2.45) is 0 Å². The maximum Gasteiger partial charge on any atom is 0.266 e. The first-order valence-corrected chi connectivity index (χ1v) is 7.54. The molecule has 20 heavy (non-hydrogen) atoms. The van der Waals surface area contributed by atoms with Crippen molar-refractivity contribution in [3.63, 3.8) is 0 Å². The summed E-state index contributed by atoms with van der Waals surface area (Å²) in [6.45, 7) is 8.88. The molecule has 106 valence electrons. The zero-order valence-corrected chi connectivity index (χ0v) is 13.1. The van der Waals surface area contributed by atoms with Gasteiger partial charge in [0.2, 0.25) is 0 Å². The van der Waals surface area contributed by atoms with Gasteiger partial charge in [0.1, 0.15) is 4.88 Å². The fourth-order valence-corrected chi connectivity index (χ4v) is 3.29. The molecule has 2 rings (SSSR count). The Kier molecular flexibility index (Phi) is 4.35. The molecule has 0 aliphatic rings. The lowest BCUT2D eigenvalue weighted by atomic mass is 10.2. The third-order valence-electron chi connectivity index (χ3n) is 3.01. The van der Waals surface area contributed by atoms with E-state index in [1.807, 2.05) is 19.9 Å². The zero-order valence-electron chi connectivity index (χ0n) is 11.6. The van der Waals surface area contributed by atoms with Gasteiger partial charge in [0, 0.05) is 28.2 Å². The number of nitrogen functional groups attached to an aromatic ring is 1. The summed E-state index contributed by atoms with van der Waals surface area (Å²) in [6.07, 6.45) is 0. The van der Waals surface area contributed by atoms with Crippen LogP contribution in [0.1, 0.15) is 23.5 Å². The number of nitrogens with two attached hydrogens (primary N) is 1. The first kappa shape index (κ1) is 14.9. The lowest BCUT2D eigenvalue weighted by Gasteiger charge is -2.20. The lowest BCUT2D eigenvalue weighted by Crippen LogP contribution is -2.32.